The molecule has 0 aromatic carbocycles. The van der Waals surface area contributed by atoms with Gasteiger partial charge in [-0.3, -0.25) is 4.99 Å². The second kappa shape index (κ2) is 3.56. The Kier molecular flexibility index (Phi) is 2.54. The summed E-state index contributed by atoms with van der Waals surface area (Å²) in [6.07, 6.45) is 7.88. The lowest BCUT2D eigenvalue weighted by atomic mass is 9.98. The Balaban J connectivity index is 2.00. The van der Waals surface area contributed by atoms with Crippen molar-refractivity contribution in [2.75, 3.05) is 0 Å². The van der Waals surface area contributed by atoms with Crippen molar-refractivity contribution < 1.29 is 0 Å². The van der Waals surface area contributed by atoms with Crippen molar-refractivity contribution in [2.45, 2.75) is 57.9 Å². The summed E-state index contributed by atoms with van der Waals surface area (Å²) in [5, 5.41) is 0. The van der Waals surface area contributed by atoms with Crippen LogP contribution in [0.1, 0.15) is 52.4 Å². The molecule has 2 N–H and O–H groups in total. The second-order valence-electron chi connectivity index (χ2n) is 5.45. The van der Waals surface area contributed by atoms with Gasteiger partial charge in [0.1, 0.15) is 0 Å². The van der Waals surface area contributed by atoms with Gasteiger partial charge in [0.05, 0.1) is 11.4 Å². The molecule has 2 fully saturated rings. The molecule has 2 heteroatoms. The van der Waals surface area contributed by atoms with Gasteiger partial charge in [-0.15, -0.1) is 0 Å². The third-order valence-corrected chi connectivity index (χ3v) is 3.77. The SMILES string of the molecule is CC(C)(N=C(N)C1CCCC1)C1CC1. The number of hydrogen-bond acceptors (Lipinski definition) is 1. The number of nitrogens with zero attached hydrogens (tertiary/aromatic N) is 1. The van der Waals surface area contributed by atoms with Crippen LogP contribution in [0, 0.1) is 11.8 Å². The van der Waals surface area contributed by atoms with Crippen LogP contribution in [-0.4, -0.2) is 11.4 Å². The highest BCUT2D eigenvalue weighted by Gasteiger charge is 2.38. The molecule has 0 heterocycles. The number of rotatable bonds is 3. The molecule has 14 heavy (non-hydrogen) atoms. The molecule has 0 unspecified atom stereocenters. The zero-order valence-corrected chi connectivity index (χ0v) is 9.42. The summed E-state index contributed by atoms with van der Waals surface area (Å²) in [7, 11) is 0. The van der Waals surface area contributed by atoms with Crippen LogP contribution in [0.15, 0.2) is 4.99 Å². The molecule has 0 aromatic heterocycles. The Labute approximate surface area is 87.0 Å². The molecule has 0 aromatic rings. The molecule has 0 radical (unpaired) electrons. The zero-order chi connectivity index (χ0) is 10.2. The fourth-order valence-electron chi connectivity index (χ4n) is 2.53. The predicted molar refractivity (Wildman–Crippen MR) is 60.4 cm³/mol. The van der Waals surface area contributed by atoms with Crippen LogP contribution >= 0.6 is 0 Å². The highest BCUT2D eigenvalue weighted by atomic mass is 15.0. The van der Waals surface area contributed by atoms with Gasteiger partial charge in [-0.1, -0.05) is 12.8 Å². The summed E-state index contributed by atoms with van der Waals surface area (Å²) in [5.74, 6) is 2.31. The van der Waals surface area contributed by atoms with Crippen molar-refractivity contribution in [2.24, 2.45) is 22.6 Å². The van der Waals surface area contributed by atoms with Gasteiger partial charge in [-0.05, 0) is 45.4 Å². The van der Waals surface area contributed by atoms with Gasteiger partial charge in [0.15, 0.2) is 0 Å². The van der Waals surface area contributed by atoms with Gasteiger partial charge in [0.25, 0.3) is 0 Å². The summed E-state index contributed by atoms with van der Waals surface area (Å²) >= 11 is 0. The van der Waals surface area contributed by atoms with Gasteiger partial charge in [-0.25, -0.2) is 0 Å². The van der Waals surface area contributed by atoms with E-state index in [1.807, 2.05) is 0 Å². The van der Waals surface area contributed by atoms with E-state index in [9.17, 15) is 0 Å². The van der Waals surface area contributed by atoms with Crippen LogP contribution in [0.25, 0.3) is 0 Å². The molecule has 2 nitrogen and oxygen atoms in total. The Hall–Kier alpha value is -0.530. The largest absolute Gasteiger partial charge is 0.387 e. The Morgan fingerprint density at radius 1 is 1.14 bits per heavy atom. The highest BCUT2D eigenvalue weighted by molar-refractivity contribution is 5.83. The summed E-state index contributed by atoms with van der Waals surface area (Å²) in [4.78, 5) is 4.75. The van der Waals surface area contributed by atoms with Crippen molar-refractivity contribution in [1.29, 1.82) is 0 Å². The van der Waals surface area contributed by atoms with Crippen LogP contribution in [-0.2, 0) is 0 Å². The molecular weight excluding hydrogens is 172 g/mol. The average molecular weight is 194 g/mol. The van der Waals surface area contributed by atoms with Crippen molar-refractivity contribution in [1.82, 2.24) is 0 Å². The van der Waals surface area contributed by atoms with Gasteiger partial charge in [0, 0.05) is 5.92 Å². The molecule has 0 atom stereocenters. The van der Waals surface area contributed by atoms with E-state index in [4.69, 9.17) is 10.7 Å². The first-order valence-electron chi connectivity index (χ1n) is 5.95. The lowest BCUT2D eigenvalue weighted by molar-refractivity contribution is 0.451. The Bertz CT molecular complexity index is 233. The summed E-state index contributed by atoms with van der Waals surface area (Å²) in [6.45, 7) is 4.46. The van der Waals surface area contributed by atoms with Crippen LogP contribution in [0.5, 0.6) is 0 Å². The third-order valence-electron chi connectivity index (χ3n) is 3.77. The van der Waals surface area contributed by atoms with Crippen LogP contribution < -0.4 is 5.73 Å². The third kappa shape index (κ3) is 2.10. The van der Waals surface area contributed by atoms with E-state index in [-0.39, 0.29) is 5.54 Å². The first-order chi connectivity index (χ1) is 6.59. The maximum Gasteiger partial charge on any atom is 0.0975 e. The smallest absolute Gasteiger partial charge is 0.0975 e. The van der Waals surface area contributed by atoms with Gasteiger partial charge in [-0.2, -0.15) is 0 Å². The molecule has 80 valence electrons. The van der Waals surface area contributed by atoms with Crippen LogP contribution in [0.2, 0.25) is 0 Å². The molecule has 0 spiro atoms. The molecule has 2 saturated carbocycles. The normalized spacial score (nSPS) is 25.7. The minimum atomic E-state index is 0.104. The fraction of sp³-hybridized carbons (Fsp3) is 0.917. The minimum Gasteiger partial charge on any atom is -0.387 e. The van der Waals surface area contributed by atoms with E-state index < -0.39 is 0 Å². The first-order valence-corrected chi connectivity index (χ1v) is 5.95. The standard InChI is InChI=1S/C12H22N2/c1-12(2,10-7-8-10)14-11(13)9-5-3-4-6-9/h9-10H,3-8H2,1-2H3,(H2,13,14). The molecule has 2 rings (SSSR count). The lowest BCUT2D eigenvalue weighted by Gasteiger charge is -2.21. The van der Waals surface area contributed by atoms with Gasteiger partial charge < -0.3 is 5.73 Å². The van der Waals surface area contributed by atoms with E-state index in [0.29, 0.717) is 5.92 Å². The maximum absolute atomic E-state index is 6.08. The van der Waals surface area contributed by atoms with E-state index >= 15 is 0 Å². The zero-order valence-electron chi connectivity index (χ0n) is 9.42. The second-order valence-corrected chi connectivity index (χ2v) is 5.45. The minimum absolute atomic E-state index is 0.104. The average Bonchev–Trinajstić information content (AvgIpc) is 2.82. The van der Waals surface area contributed by atoms with E-state index in [2.05, 4.69) is 13.8 Å². The number of aliphatic imine (C=N–C) groups is 1. The maximum atomic E-state index is 6.08. The molecular formula is C12H22N2. The fourth-order valence-corrected chi connectivity index (χ4v) is 2.53. The van der Waals surface area contributed by atoms with E-state index in [0.717, 1.165) is 11.8 Å². The van der Waals surface area contributed by atoms with Crippen molar-refractivity contribution in [3.05, 3.63) is 0 Å². The molecule has 2 aliphatic carbocycles. The highest BCUT2D eigenvalue weighted by Crippen LogP contribution is 2.42. The van der Waals surface area contributed by atoms with Crippen molar-refractivity contribution >= 4 is 5.84 Å². The van der Waals surface area contributed by atoms with Gasteiger partial charge >= 0.3 is 0 Å². The van der Waals surface area contributed by atoms with Crippen LogP contribution in [0.4, 0.5) is 0 Å². The van der Waals surface area contributed by atoms with Crippen molar-refractivity contribution in [3.63, 3.8) is 0 Å². The first kappa shape index (κ1) is 10.0. The predicted octanol–water partition coefficient (Wildman–Crippen LogP) is 2.72. The van der Waals surface area contributed by atoms with Crippen molar-refractivity contribution in [3.8, 4) is 0 Å². The van der Waals surface area contributed by atoms with E-state index in [1.165, 1.54) is 38.5 Å². The molecule has 0 saturated heterocycles. The molecule has 0 aliphatic heterocycles. The number of nitrogens with two attached hydrogens (primary N) is 1. The topological polar surface area (TPSA) is 38.4 Å². The molecule has 0 amide bonds. The Morgan fingerprint density at radius 2 is 1.71 bits per heavy atom. The van der Waals surface area contributed by atoms with Gasteiger partial charge in [0.2, 0.25) is 0 Å². The lowest BCUT2D eigenvalue weighted by Crippen LogP contribution is -2.29. The number of hydrogen-bond donors (Lipinski definition) is 1. The molecule has 2 aliphatic rings. The monoisotopic (exact) mass is 194 g/mol. The van der Waals surface area contributed by atoms with Crippen LogP contribution in [0.3, 0.4) is 0 Å². The van der Waals surface area contributed by atoms with E-state index in [1.54, 1.807) is 0 Å². The summed E-state index contributed by atoms with van der Waals surface area (Å²) < 4.78 is 0. The summed E-state index contributed by atoms with van der Waals surface area (Å²) in [6, 6.07) is 0. The molecule has 0 bridgehead atoms. The Morgan fingerprint density at radius 3 is 2.21 bits per heavy atom. The summed E-state index contributed by atoms with van der Waals surface area (Å²) in [5.41, 5.74) is 6.18. The number of amidine groups is 1. The quantitative estimate of drug-likeness (QED) is 0.544.